The topological polar surface area (TPSA) is 17.1 Å². The summed E-state index contributed by atoms with van der Waals surface area (Å²) in [5.41, 5.74) is 5.37. The Balaban J connectivity index is 2.22. The minimum absolute atomic E-state index is 0.187. The van der Waals surface area contributed by atoms with Crippen LogP contribution in [0.5, 0.6) is 0 Å². The standard InChI is InChI=1S/C17H18O/c1-12-5-4-6-15(8-12)11-17(18)16-9-13(2)7-14(3)10-16/h4-10H,11H2,1-3H3. The van der Waals surface area contributed by atoms with Gasteiger partial charge in [-0.25, -0.2) is 0 Å². The highest BCUT2D eigenvalue weighted by Gasteiger charge is 2.08. The van der Waals surface area contributed by atoms with Crippen molar-refractivity contribution in [3.8, 4) is 0 Å². The van der Waals surface area contributed by atoms with Crippen molar-refractivity contribution < 1.29 is 4.79 Å². The quantitative estimate of drug-likeness (QED) is 0.738. The first-order chi connectivity index (χ1) is 8.54. The lowest BCUT2D eigenvalue weighted by Gasteiger charge is -2.05. The Morgan fingerprint density at radius 2 is 1.56 bits per heavy atom. The van der Waals surface area contributed by atoms with Crippen molar-refractivity contribution in [2.24, 2.45) is 0 Å². The third-order valence-electron chi connectivity index (χ3n) is 2.99. The molecular formula is C17H18O. The molecule has 1 nitrogen and oxygen atoms in total. The van der Waals surface area contributed by atoms with Crippen LogP contribution in [-0.4, -0.2) is 5.78 Å². The molecule has 0 amide bonds. The van der Waals surface area contributed by atoms with Crippen molar-refractivity contribution in [1.29, 1.82) is 0 Å². The maximum Gasteiger partial charge on any atom is 0.167 e. The van der Waals surface area contributed by atoms with Crippen LogP contribution in [0.4, 0.5) is 0 Å². The molecule has 2 aromatic rings. The molecule has 0 spiro atoms. The van der Waals surface area contributed by atoms with Gasteiger partial charge in [-0.15, -0.1) is 0 Å². The fraction of sp³-hybridized carbons (Fsp3) is 0.235. The molecular weight excluding hydrogens is 220 g/mol. The molecule has 0 aliphatic heterocycles. The molecule has 0 radical (unpaired) electrons. The average molecular weight is 238 g/mol. The fourth-order valence-corrected chi connectivity index (χ4v) is 2.25. The fourth-order valence-electron chi connectivity index (χ4n) is 2.25. The summed E-state index contributed by atoms with van der Waals surface area (Å²) in [6.07, 6.45) is 0.477. The molecule has 0 heterocycles. The number of carbonyl (C=O) groups excluding carboxylic acids is 1. The third kappa shape index (κ3) is 3.07. The zero-order chi connectivity index (χ0) is 13.1. The van der Waals surface area contributed by atoms with E-state index in [4.69, 9.17) is 0 Å². The van der Waals surface area contributed by atoms with Gasteiger partial charge in [0.25, 0.3) is 0 Å². The van der Waals surface area contributed by atoms with Crippen LogP contribution in [0.15, 0.2) is 42.5 Å². The molecule has 2 rings (SSSR count). The highest BCUT2D eigenvalue weighted by Crippen LogP contribution is 2.13. The van der Waals surface area contributed by atoms with Crippen molar-refractivity contribution in [1.82, 2.24) is 0 Å². The molecule has 0 unspecified atom stereocenters. The zero-order valence-electron chi connectivity index (χ0n) is 11.2. The van der Waals surface area contributed by atoms with Crippen LogP contribution >= 0.6 is 0 Å². The first-order valence-corrected chi connectivity index (χ1v) is 6.21. The lowest BCUT2D eigenvalue weighted by molar-refractivity contribution is 0.0993. The Morgan fingerprint density at radius 1 is 0.889 bits per heavy atom. The van der Waals surface area contributed by atoms with Gasteiger partial charge in [0.15, 0.2) is 5.78 Å². The minimum atomic E-state index is 0.187. The number of carbonyl (C=O) groups is 1. The smallest absolute Gasteiger partial charge is 0.167 e. The van der Waals surface area contributed by atoms with Gasteiger partial charge in [0.05, 0.1) is 0 Å². The van der Waals surface area contributed by atoms with E-state index < -0.39 is 0 Å². The van der Waals surface area contributed by atoms with E-state index in [0.29, 0.717) is 6.42 Å². The van der Waals surface area contributed by atoms with E-state index in [9.17, 15) is 4.79 Å². The predicted molar refractivity (Wildman–Crippen MR) is 75.1 cm³/mol. The molecule has 0 fully saturated rings. The Morgan fingerprint density at radius 3 is 2.17 bits per heavy atom. The minimum Gasteiger partial charge on any atom is -0.294 e. The second kappa shape index (κ2) is 5.18. The zero-order valence-corrected chi connectivity index (χ0v) is 11.2. The van der Waals surface area contributed by atoms with Crippen molar-refractivity contribution in [3.05, 3.63) is 70.3 Å². The Hall–Kier alpha value is -1.89. The van der Waals surface area contributed by atoms with Gasteiger partial charge < -0.3 is 0 Å². The second-order valence-corrected chi connectivity index (χ2v) is 4.97. The Bertz CT molecular complexity index is 562. The van der Waals surface area contributed by atoms with Gasteiger partial charge in [0.1, 0.15) is 0 Å². The lowest BCUT2D eigenvalue weighted by atomic mass is 9.99. The van der Waals surface area contributed by atoms with Crippen molar-refractivity contribution in [2.75, 3.05) is 0 Å². The monoisotopic (exact) mass is 238 g/mol. The summed E-state index contributed by atoms with van der Waals surface area (Å²) < 4.78 is 0. The summed E-state index contributed by atoms with van der Waals surface area (Å²) >= 11 is 0. The molecule has 0 aliphatic rings. The Labute approximate surface area is 108 Å². The number of rotatable bonds is 3. The van der Waals surface area contributed by atoms with Gasteiger partial charge in [0, 0.05) is 12.0 Å². The van der Waals surface area contributed by atoms with E-state index in [1.807, 2.05) is 51.1 Å². The van der Waals surface area contributed by atoms with E-state index in [0.717, 1.165) is 22.3 Å². The molecule has 0 bridgehead atoms. The van der Waals surface area contributed by atoms with E-state index >= 15 is 0 Å². The molecule has 0 saturated carbocycles. The van der Waals surface area contributed by atoms with Crippen LogP contribution in [-0.2, 0) is 6.42 Å². The molecule has 2 aromatic carbocycles. The molecule has 0 saturated heterocycles. The van der Waals surface area contributed by atoms with Gasteiger partial charge in [-0.3, -0.25) is 4.79 Å². The molecule has 0 atom stereocenters. The maximum absolute atomic E-state index is 12.2. The number of aryl methyl sites for hydroxylation is 3. The van der Waals surface area contributed by atoms with Crippen LogP contribution in [0.1, 0.15) is 32.6 Å². The highest BCUT2D eigenvalue weighted by molar-refractivity contribution is 5.97. The third-order valence-corrected chi connectivity index (χ3v) is 2.99. The van der Waals surface area contributed by atoms with Crippen molar-refractivity contribution in [2.45, 2.75) is 27.2 Å². The summed E-state index contributed by atoms with van der Waals surface area (Å²) in [6, 6.07) is 14.1. The number of Topliss-reactive ketones (excluding diaryl/α,β-unsaturated/α-hetero) is 1. The van der Waals surface area contributed by atoms with Gasteiger partial charge in [0.2, 0.25) is 0 Å². The molecule has 18 heavy (non-hydrogen) atoms. The van der Waals surface area contributed by atoms with Gasteiger partial charge in [-0.2, -0.15) is 0 Å². The van der Waals surface area contributed by atoms with Crippen LogP contribution in [0.3, 0.4) is 0 Å². The van der Waals surface area contributed by atoms with Crippen molar-refractivity contribution in [3.63, 3.8) is 0 Å². The summed E-state index contributed by atoms with van der Waals surface area (Å²) in [4.78, 5) is 12.2. The molecule has 0 aromatic heterocycles. The van der Waals surface area contributed by atoms with Crippen LogP contribution in [0.2, 0.25) is 0 Å². The normalized spacial score (nSPS) is 10.4. The van der Waals surface area contributed by atoms with E-state index in [2.05, 4.69) is 12.1 Å². The summed E-state index contributed by atoms with van der Waals surface area (Å²) in [7, 11) is 0. The second-order valence-electron chi connectivity index (χ2n) is 4.97. The largest absolute Gasteiger partial charge is 0.294 e. The average Bonchev–Trinajstić information content (AvgIpc) is 2.27. The van der Waals surface area contributed by atoms with E-state index in [1.54, 1.807) is 0 Å². The number of ketones is 1. The summed E-state index contributed by atoms with van der Waals surface area (Å²) in [6.45, 7) is 6.09. The number of benzene rings is 2. The SMILES string of the molecule is Cc1cccc(CC(=O)c2cc(C)cc(C)c2)c1. The maximum atomic E-state index is 12.2. The van der Waals surface area contributed by atoms with Crippen LogP contribution < -0.4 is 0 Å². The van der Waals surface area contributed by atoms with Gasteiger partial charge in [-0.05, 0) is 38.5 Å². The number of hydrogen-bond acceptors (Lipinski definition) is 1. The molecule has 0 N–H and O–H groups in total. The molecule has 92 valence electrons. The van der Waals surface area contributed by atoms with Gasteiger partial charge >= 0.3 is 0 Å². The summed E-state index contributed by atoms with van der Waals surface area (Å²) in [5, 5.41) is 0. The van der Waals surface area contributed by atoms with Crippen molar-refractivity contribution >= 4 is 5.78 Å². The highest BCUT2D eigenvalue weighted by atomic mass is 16.1. The predicted octanol–water partition coefficient (Wildman–Crippen LogP) is 4.04. The van der Waals surface area contributed by atoms with E-state index in [-0.39, 0.29) is 5.78 Å². The Kier molecular flexibility index (Phi) is 3.61. The molecule has 1 heteroatoms. The van der Waals surface area contributed by atoms with Gasteiger partial charge in [-0.1, -0.05) is 47.0 Å². The number of hydrogen-bond donors (Lipinski definition) is 0. The lowest BCUT2D eigenvalue weighted by Crippen LogP contribution is -2.04. The summed E-state index contributed by atoms with van der Waals surface area (Å²) in [5.74, 6) is 0.187. The van der Waals surface area contributed by atoms with Crippen LogP contribution in [0, 0.1) is 20.8 Å². The first kappa shape index (κ1) is 12.6. The van der Waals surface area contributed by atoms with E-state index in [1.165, 1.54) is 5.56 Å². The van der Waals surface area contributed by atoms with Crippen LogP contribution in [0.25, 0.3) is 0 Å². The molecule has 0 aliphatic carbocycles. The first-order valence-electron chi connectivity index (χ1n) is 6.21.